The van der Waals surface area contributed by atoms with E-state index in [4.69, 9.17) is 9.47 Å². The largest absolute Gasteiger partial charge is 0.390 e. The van der Waals surface area contributed by atoms with Crippen LogP contribution in [-0.2, 0) is 14.3 Å². The maximum Gasteiger partial charge on any atom is 0.229 e. The molecule has 7 heteroatoms. The molecular formula is C13H23NO5S. The van der Waals surface area contributed by atoms with Gasteiger partial charge in [0.15, 0.2) is 6.29 Å². The molecule has 3 rings (SSSR count). The highest BCUT2D eigenvalue weighted by atomic mass is 32.2. The fourth-order valence-corrected chi connectivity index (χ4v) is 3.67. The molecular weight excluding hydrogens is 282 g/mol. The van der Waals surface area contributed by atoms with Gasteiger partial charge >= 0.3 is 0 Å². The Kier molecular flexibility index (Phi) is 6.10. The predicted octanol–water partition coefficient (Wildman–Crippen LogP) is -0.271. The number of aliphatic hydroxyl groups is 2. The highest BCUT2D eigenvalue weighted by Crippen LogP contribution is 2.33. The smallest absolute Gasteiger partial charge is 0.229 e. The van der Waals surface area contributed by atoms with Crippen LogP contribution in [0.15, 0.2) is 0 Å². The molecule has 5 atom stereocenters. The summed E-state index contributed by atoms with van der Waals surface area (Å²) >= 11 is 1.47. The fourth-order valence-electron chi connectivity index (χ4n) is 2.67. The van der Waals surface area contributed by atoms with Crippen LogP contribution < -0.4 is 5.32 Å². The van der Waals surface area contributed by atoms with E-state index >= 15 is 0 Å². The third kappa shape index (κ3) is 3.85. The highest BCUT2D eigenvalue weighted by molar-refractivity contribution is 7.99. The van der Waals surface area contributed by atoms with Crippen LogP contribution in [0.3, 0.4) is 0 Å². The topological polar surface area (TPSA) is 88.0 Å². The molecule has 0 saturated carbocycles. The van der Waals surface area contributed by atoms with Crippen molar-refractivity contribution in [3.05, 3.63) is 0 Å². The molecule has 3 aliphatic rings. The summed E-state index contributed by atoms with van der Waals surface area (Å²) in [5.41, 5.74) is 0. The van der Waals surface area contributed by atoms with Crippen LogP contribution in [-0.4, -0.2) is 65.9 Å². The number of amides is 1. The van der Waals surface area contributed by atoms with Gasteiger partial charge in [-0.3, -0.25) is 4.79 Å². The maximum atomic E-state index is 11.2. The number of carbonyl (C=O) groups excluding carboxylic acids is 1. The standard InChI is InChI=1S/C13H23NO5S/c1-14-10(15)7-20-6-9-8-4-2-3-5-18-13(19-9)12(17)11(8)16/h8-9,11-13,16-17H,2-7H2,1H3,(H,14,15). The van der Waals surface area contributed by atoms with Gasteiger partial charge in [0.2, 0.25) is 5.91 Å². The van der Waals surface area contributed by atoms with E-state index in [1.54, 1.807) is 7.05 Å². The van der Waals surface area contributed by atoms with E-state index in [0.29, 0.717) is 18.1 Å². The molecule has 0 aromatic heterocycles. The van der Waals surface area contributed by atoms with Gasteiger partial charge in [-0.1, -0.05) is 6.42 Å². The second-order valence-electron chi connectivity index (χ2n) is 5.24. The molecule has 3 fully saturated rings. The molecule has 6 nitrogen and oxygen atoms in total. The van der Waals surface area contributed by atoms with Gasteiger partial charge in [-0.2, -0.15) is 0 Å². The number of hydrogen-bond donors (Lipinski definition) is 3. The summed E-state index contributed by atoms with van der Waals surface area (Å²) in [5.74, 6) is 0.856. The molecule has 0 aliphatic carbocycles. The molecule has 1 amide bonds. The molecule has 3 heterocycles. The van der Waals surface area contributed by atoms with E-state index in [1.165, 1.54) is 11.8 Å². The summed E-state index contributed by atoms with van der Waals surface area (Å²) in [4.78, 5) is 11.2. The minimum Gasteiger partial charge on any atom is -0.390 e. The molecule has 3 aliphatic heterocycles. The van der Waals surface area contributed by atoms with Crippen LogP contribution in [0.5, 0.6) is 0 Å². The second-order valence-corrected chi connectivity index (χ2v) is 6.27. The summed E-state index contributed by atoms with van der Waals surface area (Å²) in [7, 11) is 1.61. The third-order valence-corrected chi connectivity index (χ3v) is 4.89. The first-order valence-corrected chi connectivity index (χ1v) is 8.20. The van der Waals surface area contributed by atoms with Crippen LogP contribution in [0.2, 0.25) is 0 Å². The van der Waals surface area contributed by atoms with Gasteiger partial charge in [0.25, 0.3) is 0 Å². The number of ether oxygens (including phenoxy) is 2. The molecule has 20 heavy (non-hydrogen) atoms. The van der Waals surface area contributed by atoms with Crippen molar-refractivity contribution in [2.75, 3.05) is 25.2 Å². The summed E-state index contributed by atoms with van der Waals surface area (Å²) in [6.07, 6.45) is -0.0963. The van der Waals surface area contributed by atoms with Gasteiger partial charge in [-0.25, -0.2) is 0 Å². The Hall–Kier alpha value is -0.340. The van der Waals surface area contributed by atoms with Crippen molar-refractivity contribution in [2.24, 2.45) is 5.92 Å². The van der Waals surface area contributed by atoms with Gasteiger partial charge in [0.05, 0.1) is 18.0 Å². The van der Waals surface area contributed by atoms with Crippen molar-refractivity contribution >= 4 is 17.7 Å². The predicted molar refractivity (Wildman–Crippen MR) is 75.4 cm³/mol. The molecule has 3 N–H and O–H groups in total. The van der Waals surface area contributed by atoms with E-state index in [-0.39, 0.29) is 17.9 Å². The van der Waals surface area contributed by atoms with Crippen LogP contribution in [0, 0.1) is 5.92 Å². The number of fused-ring (bicyclic) bond motifs is 6. The number of carbonyl (C=O) groups is 1. The Morgan fingerprint density at radius 2 is 2.15 bits per heavy atom. The average molecular weight is 305 g/mol. The normalized spacial score (nSPS) is 37.9. The van der Waals surface area contributed by atoms with Crippen molar-refractivity contribution < 1.29 is 24.5 Å². The average Bonchev–Trinajstić information content (AvgIpc) is 2.58. The Morgan fingerprint density at radius 3 is 2.90 bits per heavy atom. The van der Waals surface area contributed by atoms with Gasteiger partial charge in [0.1, 0.15) is 6.10 Å². The zero-order valence-electron chi connectivity index (χ0n) is 11.7. The Bertz CT molecular complexity index is 328. The van der Waals surface area contributed by atoms with Gasteiger partial charge in [-0.15, -0.1) is 11.8 Å². The molecule has 116 valence electrons. The number of hydrogen-bond acceptors (Lipinski definition) is 6. The Morgan fingerprint density at radius 1 is 1.35 bits per heavy atom. The maximum absolute atomic E-state index is 11.2. The van der Waals surface area contributed by atoms with Crippen LogP contribution in [0.1, 0.15) is 19.3 Å². The summed E-state index contributed by atoms with van der Waals surface area (Å²) in [6, 6.07) is 0. The SMILES string of the molecule is CNC(=O)CSCC1OC2OCCCCC1C(O)C2O. The Labute approximate surface area is 123 Å². The third-order valence-electron chi connectivity index (χ3n) is 3.86. The molecule has 0 aromatic rings. The lowest BCUT2D eigenvalue weighted by Gasteiger charge is -2.41. The highest BCUT2D eigenvalue weighted by Gasteiger charge is 2.44. The molecule has 5 unspecified atom stereocenters. The molecule has 0 spiro atoms. The van der Waals surface area contributed by atoms with Gasteiger partial charge < -0.3 is 25.0 Å². The first-order chi connectivity index (χ1) is 9.63. The van der Waals surface area contributed by atoms with Crippen molar-refractivity contribution in [2.45, 2.75) is 43.9 Å². The van der Waals surface area contributed by atoms with Crippen molar-refractivity contribution in [1.29, 1.82) is 0 Å². The van der Waals surface area contributed by atoms with Crippen LogP contribution in [0.25, 0.3) is 0 Å². The lowest BCUT2D eigenvalue weighted by molar-refractivity contribution is -0.277. The molecule has 0 aromatic carbocycles. The van der Waals surface area contributed by atoms with Gasteiger partial charge in [0, 0.05) is 25.3 Å². The first-order valence-electron chi connectivity index (χ1n) is 7.05. The summed E-state index contributed by atoms with van der Waals surface area (Å²) in [6.45, 7) is 0.541. The molecule has 2 bridgehead atoms. The molecule has 0 radical (unpaired) electrons. The number of aliphatic hydroxyl groups excluding tert-OH is 2. The van der Waals surface area contributed by atoms with Crippen molar-refractivity contribution in [3.8, 4) is 0 Å². The van der Waals surface area contributed by atoms with E-state index in [2.05, 4.69) is 5.32 Å². The number of rotatable bonds is 4. The zero-order valence-corrected chi connectivity index (χ0v) is 12.5. The minimum absolute atomic E-state index is 0.0277. The Balaban J connectivity index is 1.95. The van der Waals surface area contributed by atoms with E-state index in [9.17, 15) is 15.0 Å². The van der Waals surface area contributed by atoms with Crippen molar-refractivity contribution in [1.82, 2.24) is 5.32 Å². The lowest BCUT2D eigenvalue weighted by atomic mass is 9.86. The quantitative estimate of drug-likeness (QED) is 0.663. The second kappa shape index (κ2) is 7.61. The van der Waals surface area contributed by atoms with E-state index in [1.807, 2.05) is 0 Å². The van der Waals surface area contributed by atoms with Crippen LogP contribution in [0.4, 0.5) is 0 Å². The van der Waals surface area contributed by atoms with Gasteiger partial charge in [-0.05, 0) is 12.8 Å². The fraction of sp³-hybridized carbons (Fsp3) is 0.923. The first kappa shape index (κ1) is 16.0. The van der Waals surface area contributed by atoms with Crippen molar-refractivity contribution in [3.63, 3.8) is 0 Å². The lowest BCUT2D eigenvalue weighted by Crippen LogP contribution is -2.55. The monoisotopic (exact) mass is 305 g/mol. The summed E-state index contributed by atoms with van der Waals surface area (Å²) in [5, 5.41) is 22.8. The minimum atomic E-state index is -0.988. The zero-order chi connectivity index (χ0) is 14.5. The number of thioether (sulfide) groups is 1. The van der Waals surface area contributed by atoms with E-state index < -0.39 is 18.5 Å². The van der Waals surface area contributed by atoms with E-state index in [0.717, 1.165) is 19.3 Å². The van der Waals surface area contributed by atoms with Crippen LogP contribution >= 0.6 is 11.8 Å². The number of nitrogens with one attached hydrogen (secondary N) is 1. The molecule has 3 saturated heterocycles. The summed E-state index contributed by atoms with van der Waals surface area (Å²) < 4.78 is 11.3.